The minimum Gasteiger partial charge on any atom is -0.484 e. The average molecular weight is 587 g/mol. The number of anilines is 1. The number of rotatable bonds is 9. The highest BCUT2D eigenvalue weighted by molar-refractivity contribution is 7.16. The third kappa shape index (κ3) is 6.68. The molecule has 2 amide bonds. The van der Waals surface area contributed by atoms with Gasteiger partial charge in [0, 0.05) is 10.9 Å². The number of amides is 2. The van der Waals surface area contributed by atoms with Crippen molar-refractivity contribution in [3.63, 3.8) is 0 Å². The standard InChI is InChI=1S/C28H25F3N4O3S2/c1-16-24(40-17(2)32-16)22-14-39-26(33-22)34-23(36)12-18-10-19(13-21(11-18)38-15-28(29,30)31)25(37)35-27(8-9-27)20-6-4-3-5-7-20/h3-7,10-11,13-14H,8-9,12,15H2,1-2H3,(H,35,37)(H,33,34,36). The number of halogens is 3. The van der Waals surface area contributed by atoms with Crippen molar-refractivity contribution < 1.29 is 27.5 Å². The third-order valence-electron chi connectivity index (χ3n) is 6.31. The Bertz CT molecular complexity index is 1550. The second kappa shape index (κ2) is 11.0. The second-order valence-corrected chi connectivity index (χ2v) is 11.6. The van der Waals surface area contributed by atoms with E-state index in [-0.39, 0.29) is 17.7 Å². The van der Waals surface area contributed by atoms with Crippen LogP contribution in [0.15, 0.2) is 53.9 Å². The van der Waals surface area contributed by atoms with Gasteiger partial charge in [0.15, 0.2) is 11.7 Å². The predicted octanol–water partition coefficient (Wildman–Crippen LogP) is 6.42. The van der Waals surface area contributed by atoms with E-state index < -0.39 is 30.1 Å². The van der Waals surface area contributed by atoms with Gasteiger partial charge >= 0.3 is 6.18 Å². The SMILES string of the molecule is Cc1nc(C)c(-c2csc(NC(=O)Cc3cc(OCC(F)(F)F)cc(C(=O)NC4(c5ccccc5)CC4)c3)n2)s1. The molecule has 1 aliphatic rings. The van der Waals surface area contributed by atoms with E-state index in [1.54, 1.807) is 0 Å². The molecule has 0 spiro atoms. The number of thiazole rings is 2. The second-order valence-electron chi connectivity index (χ2n) is 9.58. The summed E-state index contributed by atoms with van der Waals surface area (Å²) in [4.78, 5) is 35.9. The van der Waals surface area contributed by atoms with Crippen molar-refractivity contribution >= 4 is 39.6 Å². The monoisotopic (exact) mass is 586 g/mol. The van der Waals surface area contributed by atoms with Gasteiger partial charge in [0.25, 0.3) is 5.91 Å². The Kier molecular flexibility index (Phi) is 7.65. The van der Waals surface area contributed by atoms with Gasteiger partial charge in [0.05, 0.1) is 33.2 Å². The van der Waals surface area contributed by atoms with Crippen LogP contribution < -0.4 is 15.4 Å². The van der Waals surface area contributed by atoms with Crippen molar-refractivity contribution in [3.05, 3.63) is 81.3 Å². The maximum atomic E-state index is 13.2. The Labute approximate surface area is 236 Å². The molecule has 208 valence electrons. The number of hydrogen-bond donors (Lipinski definition) is 2. The van der Waals surface area contributed by atoms with E-state index in [0.29, 0.717) is 16.4 Å². The first-order valence-electron chi connectivity index (χ1n) is 12.4. The summed E-state index contributed by atoms with van der Waals surface area (Å²) >= 11 is 2.77. The van der Waals surface area contributed by atoms with Crippen LogP contribution in [0.5, 0.6) is 5.75 Å². The Balaban J connectivity index is 1.32. The summed E-state index contributed by atoms with van der Waals surface area (Å²) in [5, 5.41) is 8.86. The molecule has 0 radical (unpaired) electrons. The summed E-state index contributed by atoms with van der Waals surface area (Å²) < 4.78 is 43.5. The largest absolute Gasteiger partial charge is 0.484 e. The fourth-order valence-corrected chi connectivity index (χ4v) is 6.03. The van der Waals surface area contributed by atoms with Crippen molar-refractivity contribution in [2.24, 2.45) is 0 Å². The highest BCUT2D eigenvalue weighted by atomic mass is 32.1. The average Bonchev–Trinajstić information content (AvgIpc) is 3.40. The molecule has 0 atom stereocenters. The number of carbonyl (C=O) groups excluding carboxylic acids is 2. The van der Waals surface area contributed by atoms with Gasteiger partial charge < -0.3 is 15.4 Å². The zero-order valence-corrected chi connectivity index (χ0v) is 23.2. The molecule has 5 rings (SSSR count). The first kappa shape index (κ1) is 27.8. The first-order chi connectivity index (χ1) is 19.0. The molecule has 4 aromatic rings. The molecular formula is C28H25F3N4O3S2. The molecule has 2 heterocycles. The zero-order chi connectivity index (χ0) is 28.5. The Hall–Kier alpha value is -3.77. The number of benzene rings is 2. The number of nitrogens with zero attached hydrogens (tertiary/aromatic N) is 2. The molecule has 2 aromatic carbocycles. The molecule has 1 fully saturated rings. The third-order valence-corrected chi connectivity index (χ3v) is 8.16. The summed E-state index contributed by atoms with van der Waals surface area (Å²) in [5.41, 5.74) is 2.44. The van der Waals surface area contributed by atoms with Gasteiger partial charge in [-0.2, -0.15) is 13.2 Å². The van der Waals surface area contributed by atoms with Crippen LogP contribution >= 0.6 is 22.7 Å². The Morgan fingerprint density at radius 1 is 1.07 bits per heavy atom. The maximum absolute atomic E-state index is 13.2. The van der Waals surface area contributed by atoms with Crippen LogP contribution in [0.3, 0.4) is 0 Å². The van der Waals surface area contributed by atoms with Crippen LogP contribution in [-0.2, 0) is 16.8 Å². The molecule has 7 nitrogen and oxygen atoms in total. The van der Waals surface area contributed by atoms with Crippen LogP contribution in [0.1, 0.15) is 45.0 Å². The molecule has 2 aromatic heterocycles. The van der Waals surface area contributed by atoms with Crippen molar-refractivity contribution in [2.45, 2.75) is 44.8 Å². The minimum atomic E-state index is -4.56. The highest BCUT2D eigenvalue weighted by Crippen LogP contribution is 2.45. The number of ether oxygens (including phenoxy) is 1. The van der Waals surface area contributed by atoms with Crippen LogP contribution in [-0.4, -0.2) is 34.6 Å². The topological polar surface area (TPSA) is 93.2 Å². The summed E-state index contributed by atoms with van der Waals surface area (Å²) in [7, 11) is 0. The number of hydrogen-bond acceptors (Lipinski definition) is 7. The fraction of sp³-hybridized carbons (Fsp3) is 0.286. The Morgan fingerprint density at radius 2 is 1.82 bits per heavy atom. The van der Waals surface area contributed by atoms with Gasteiger partial charge in [-0.05, 0) is 56.0 Å². The normalized spacial score (nSPS) is 14.0. The summed E-state index contributed by atoms with van der Waals surface area (Å²) in [6.45, 7) is 2.28. The lowest BCUT2D eigenvalue weighted by molar-refractivity contribution is -0.153. The summed E-state index contributed by atoms with van der Waals surface area (Å²) in [6, 6.07) is 13.6. The molecule has 0 bridgehead atoms. The number of aryl methyl sites for hydroxylation is 2. The maximum Gasteiger partial charge on any atom is 0.422 e. The minimum absolute atomic E-state index is 0.109. The van der Waals surface area contributed by atoms with Crippen LogP contribution in [0.2, 0.25) is 0 Å². The molecule has 1 saturated carbocycles. The van der Waals surface area contributed by atoms with Crippen molar-refractivity contribution in [2.75, 3.05) is 11.9 Å². The summed E-state index contributed by atoms with van der Waals surface area (Å²) in [6.07, 6.45) is -3.25. The van der Waals surface area contributed by atoms with Gasteiger partial charge in [-0.1, -0.05) is 30.3 Å². The summed E-state index contributed by atoms with van der Waals surface area (Å²) in [5.74, 6) is -1.04. The van der Waals surface area contributed by atoms with Crippen LogP contribution in [0, 0.1) is 13.8 Å². The van der Waals surface area contributed by atoms with E-state index >= 15 is 0 Å². The smallest absolute Gasteiger partial charge is 0.422 e. The van der Waals surface area contributed by atoms with Gasteiger partial charge in [0.2, 0.25) is 5.91 Å². The van der Waals surface area contributed by atoms with Gasteiger partial charge in [-0.15, -0.1) is 22.7 Å². The first-order valence-corrected chi connectivity index (χ1v) is 14.1. The van der Waals surface area contributed by atoms with Crippen LogP contribution in [0.4, 0.5) is 18.3 Å². The molecular weight excluding hydrogens is 561 g/mol. The van der Waals surface area contributed by atoms with E-state index in [9.17, 15) is 22.8 Å². The lowest BCUT2D eigenvalue weighted by Crippen LogP contribution is -2.35. The van der Waals surface area contributed by atoms with Gasteiger partial charge in [-0.25, -0.2) is 9.97 Å². The molecule has 12 heteroatoms. The van der Waals surface area contributed by atoms with Crippen molar-refractivity contribution in [3.8, 4) is 16.3 Å². The van der Waals surface area contributed by atoms with Crippen molar-refractivity contribution in [1.29, 1.82) is 0 Å². The lowest BCUT2D eigenvalue weighted by atomic mass is 10.0. The van der Waals surface area contributed by atoms with E-state index in [0.717, 1.165) is 34.0 Å². The van der Waals surface area contributed by atoms with E-state index in [2.05, 4.69) is 20.6 Å². The van der Waals surface area contributed by atoms with E-state index in [1.165, 1.54) is 40.9 Å². The zero-order valence-electron chi connectivity index (χ0n) is 21.6. The molecule has 0 saturated heterocycles. The highest BCUT2D eigenvalue weighted by Gasteiger charge is 2.45. The molecule has 1 aliphatic carbocycles. The number of alkyl halides is 3. The van der Waals surface area contributed by atoms with E-state index in [1.807, 2.05) is 49.6 Å². The number of carbonyl (C=O) groups is 2. The van der Waals surface area contributed by atoms with Gasteiger partial charge in [0.1, 0.15) is 5.75 Å². The molecule has 40 heavy (non-hydrogen) atoms. The quantitative estimate of drug-likeness (QED) is 0.236. The molecule has 2 N–H and O–H groups in total. The number of aromatic nitrogens is 2. The van der Waals surface area contributed by atoms with E-state index in [4.69, 9.17) is 4.74 Å². The van der Waals surface area contributed by atoms with Gasteiger partial charge in [-0.3, -0.25) is 9.59 Å². The fourth-order valence-electron chi connectivity index (χ4n) is 4.35. The number of nitrogens with one attached hydrogen (secondary N) is 2. The van der Waals surface area contributed by atoms with Crippen LogP contribution in [0.25, 0.3) is 10.6 Å². The predicted molar refractivity (Wildman–Crippen MR) is 148 cm³/mol. The Morgan fingerprint density at radius 3 is 2.48 bits per heavy atom. The molecule has 0 unspecified atom stereocenters. The molecule has 0 aliphatic heterocycles. The van der Waals surface area contributed by atoms with Crippen molar-refractivity contribution in [1.82, 2.24) is 15.3 Å². The lowest BCUT2D eigenvalue weighted by Gasteiger charge is -2.19.